The number of nitrogens with zero attached hydrogens (tertiary/aromatic N) is 1. The minimum atomic E-state index is -3.45. The smallest absolute Gasteiger partial charge is 0.232 e. The van der Waals surface area contributed by atoms with E-state index in [1.165, 1.54) is 6.20 Å². The highest BCUT2D eigenvalue weighted by Gasteiger charge is 2.28. The van der Waals surface area contributed by atoms with Gasteiger partial charge in [-0.25, -0.2) is 13.4 Å². The quantitative estimate of drug-likeness (QED) is 0.840. The molecule has 1 heterocycles. The molecule has 0 radical (unpaired) electrons. The van der Waals surface area contributed by atoms with Gasteiger partial charge >= 0.3 is 0 Å². The Kier molecular flexibility index (Phi) is 2.86. The van der Waals surface area contributed by atoms with Crippen molar-refractivity contribution in [3.8, 4) is 5.75 Å². The van der Waals surface area contributed by atoms with Crippen molar-refractivity contribution in [2.24, 2.45) is 4.99 Å². The summed E-state index contributed by atoms with van der Waals surface area (Å²) in [6.45, 7) is 0. The molecule has 0 saturated carbocycles. The van der Waals surface area contributed by atoms with Crippen LogP contribution in [0.25, 0.3) is 0 Å². The molecule has 2 rings (SSSR count). The monoisotopic (exact) mass is 301 g/mol. The predicted molar refractivity (Wildman–Crippen MR) is 65.5 cm³/mol. The molecule has 0 unspecified atom stereocenters. The fourth-order valence-corrected chi connectivity index (χ4v) is 2.88. The summed E-state index contributed by atoms with van der Waals surface area (Å²) in [7, 11) is -1.90. The second-order valence-electron chi connectivity index (χ2n) is 3.10. The third-order valence-corrected chi connectivity index (χ3v) is 5.08. The molecular formula is C10H8BrNO3S. The van der Waals surface area contributed by atoms with Gasteiger partial charge in [0, 0.05) is 5.56 Å². The van der Waals surface area contributed by atoms with E-state index < -0.39 is 9.84 Å². The van der Waals surface area contributed by atoms with Gasteiger partial charge in [-0.3, -0.25) is 0 Å². The average Bonchev–Trinajstić information content (AvgIpc) is 2.54. The van der Waals surface area contributed by atoms with Crippen LogP contribution in [0.15, 0.2) is 39.3 Å². The minimum absolute atomic E-state index is 0.0574. The maximum atomic E-state index is 11.8. The number of methoxy groups -OCH3 is 1. The highest BCUT2D eigenvalue weighted by Crippen LogP contribution is 2.26. The first-order chi connectivity index (χ1) is 7.55. The van der Waals surface area contributed by atoms with Gasteiger partial charge in [-0.15, -0.1) is 0 Å². The second-order valence-corrected chi connectivity index (χ2v) is 6.31. The Hall–Kier alpha value is -1.14. The van der Waals surface area contributed by atoms with Gasteiger partial charge in [-0.2, -0.15) is 0 Å². The van der Waals surface area contributed by atoms with Crippen molar-refractivity contribution in [1.82, 2.24) is 0 Å². The highest BCUT2D eigenvalue weighted by atomic mass is 79.9. The summed E-state index contributed by atoms with van der Waals surface area (Å²) in [5.41, 5.74) is 0.548. The molecule has 0 amide bonds. The fourth-order valence-electron chi connectivity index (χ4n) is 1.30. The van der Waals surface area contributed by atoms with E-state index in [1.807, 2.05) is 0 Å². The molecule has 1 aliphatic rings. The molecule has 1 aliphatic heterocycles. The molecule has 16 heavy (non-hydrogen) atoms. The summed E-state index contributed by atoms with van der Waals surface area (Å²) in [5.74, 6) is 0.673. The van der Waals surface area contributed by atoms with Crippen molar-refractivity contribution in [2.75, 3.05) is 7.11 Å². The van der Waals surface area contributed by atoms with Crippen LogP contribution in [0, 0.1) is 0 Å². The molecule has 84 valence electrons. The summed E-state index contributed by atoms with van der Waals surface area (Å²) < 4.78 is 28.6. The number of rotatable bonds is 2. The van der Waals surface area contributed by atoms with Crippen LogP contribution in [-0.4, -0.2) is 20.6 Å². The molecule has 0 atom stereocenters. The first kappa shape index (κ1) is 11.3. The minimum Gasteiger partial charge on any atom is -0.497 e. The van der Waals surface area contributed by atoms with Crippen LogP contribution in [0.1, 0.15) is 5.56 Å². The zero-order valence-corrected chi connectivity index (χ0v) is 10.7. The summed E-state index contributed by atoms with van der Waals surface area (Å²) in [6, 6.07) is 6.71. The molecule has 0 aromatic heterocycles. The zero-order chi connectivity index (χ0) is 11.8. The SMILES string of the molecule is COc1ccc(C2=NC=C(Br)S2(=O)=O)cc1. The number of halogens is 1. The summed E-state index contributed by atoms with van der Waals surface area (Å²) >= 11 is 2.96. The van der Waals surface area contributed by atoms with Gasteiger partial charge in [0.1, 0.15) is 9.56 Å². The Labute approximate surface area is 102 Å². The molecule has 0 N–H and O–H groups in total. The molecule has 6 heteroatoms. The number of ether oxygens (including phenoxy) is 1. The molecular weight excluding hydrogens is 294 g/mol. The van der Waals surface area contributed by atoms with Crippen molar-refractivity contribution in [2.45, 2.75) is 0 Å². The Bertz CT molecular complexity index is 573. The number of sulfone groups is 1. The van der Waals surface area contributed by atoms with Crippen LogP contribution < -0.4 is 4.74 Å². The van der Waals surface area contributed by atoms with E-state index in [1.54, 1.807) is 31.4 Å². The highest BCUT2D eigenvalue weighted by molar-refractivity contribution is 9.14. The number of aliphatic imine (C=N–C) groups is 1. The van der Waals surface area contributed by atoms with E-state index in [2.05, 4.69) is 20.9 Å². The van der Waals surface area contributed by atoms with E-state index in [4.69, 9.17) is 4.74 Å². The molecule has 0 saturated heterocycles. The molecule has 1 aromatic rings. The van der Waals surface area contributed by atoms with Gasteiger partial charge in [0.2, 0.25) is 9.84 Å². The Balaban J connectivity index is 2.41. The van der Waals surface area contributed by atoms with Gasteiger partial charge < -0.3 is 4.74 Å². The van der Waals surface area contributed by atoms with Crippen molar-refractivity contribution in [3.63, 3.8) is 0 Å². The molecule has 4 nitrogen and oxygen atoms in total. The van der Waals surface area contributed by atoms with Crippen molar-refractivity contribution in [3.05, 3.63) is 39.8 Å². The second kappa shape index (κ2) is 4.03. The number of hydrogen-bond donors (Lipinski definition) is 0. The number of benzene rings is 1. The van der Waals surface area contributed by atoms with Gasteiger partial charge in [0.05, 0.1) is 13.3 Å². The van der Waals surface area contributed by atoms with Crippen LogP contribution in [0.2, 0.25) is 0 Å². The molecule has 0 spiro atoms. The third-order valence-electron chi connectivity index (χ3n) is 2.13. The summed E-state index contributed by atoms with van der Waals surface area (Å²) in [6.07, 6.45) is 1.29. The van der Waals surface area contributed by atoms with Gasteiger partial charge in [-0.05, 0) is 40.2 Å². The Morgan fingerprint density at radius 3 is 2.31 bits per heavy atom. The Morgan fingerprint density at radius 1 is 1.25 bits per heavy atom. The van der Waals surface area contributed by atoms with Gasteiger partial charge in [0.15, 0.2) is 5.04 Å². The maximum Gasteiger partial charge on any atom is 0.232 e. The van der Waals surface area contributed by atoms with E-state index in [0.717, 1.165) is 0 Å². The van der Waals surface area contributed by atoms with E-state index in [9.17, 15) is 8.42 Å². The standard InChI is InChI=1S/C10H8BrNO3S/c1-15-8-4-2-7(3-5-8)10-12-6-9(11)16(10,13)14/h2-6H,1H3. The lowest BCUT2D eigenvalue weighted by molar-refractivity contribution is 0.415. The number of hydrogen-bond acceptors (Lipinski definition) is 4. The molecule has 1 aromatic carbocycles. The topological polar surface area (TPSA) is 55.7 Å². The van der Waals surface area contributed by atoms with Crippen LogP contribution >= 0.6 is 15.9 Å². The molecule has 0 bridgehead atoms. The van der Waals surface area contributed by atoms with E-state index in [-0.39, 0.29) is 8.86 Å². The average molecular weight is 302 g/mol. The van der Waals surface area contributed by atoms with Crippen LogP contribution in [0.3, 0.4) is 0 Å². The lowest BCUT2D eigenvalue weighted by atomic mass is 10.2. The normalized spacial score (nSPS) is 17.9. The fraction of sp³-hybridized carbons (Fsp3) is 0.100. The molecule has 0 fully saturated rings. The summed E-state index contributed by atoms with van der Waals surface area (Å²) in [4.78, 5) is 3.87. The first-order valence-electron chi connectivity index (χ1n) is 4.38. The van der Waals surface area contributed by atoms with Crippen molar-refractivity contribution >= 4 is 30.8 Å². The van der Waals surface area contributed by atoms with E-state index in [0.29, 0.717) is 11.3 Å². The van der Waals surface area contributed by atoms with Crippen LogP contribution in [-0.2, 0) is 9.84 Å². The maximum absolute atomic E-state index is 11.8. The van der Waals surface area contributed by atoms with Crippen LogP contribution in [0.5, 0.6) is 5.75 Å². The zero-order valence-electron chi connectivity index (χ0n) is 8.34. The summed E-state index contributed by atoms with van der Waals surface area (Å²) in [5, 5.41) is 0.0574. The predicted octanol–water partition coefficient (Wildman–Crippen LogP) is 2.06. The largest absolute Gasteiger partial charge is 0.497 e. The third kappa shape index (κ3) is 1.78. The van der Waals surface area contributed by atoms with Gasteiger partial charge in [0.25, 0.3) is 0 Å². The first-order valence-corrected chi connectivity index (χ1v) is 6.66. The van der Waals surface area contributed by atoms with Crippen molar-refractivity contribution in [1.29, 1.82) is 0 Å². The lowest BCUT2D eigenvalue weighted by Gasteiger charge is -2.03. The van der Waals surface area contributed by atoms with Crippen molar-refractivity contribution < 1.29 is 13.2 Å². The van der Waals surface area contributed by atoms with Crippen LogP contribution in [0.4, 0.5) is 0 Å². The van der Waals surface area contributed by atoms with Gasteiger partial charge in [-0.1, -0.05) is 0 Å². The molecule has 0 aliphatic carbocycles. The Morgan fingerprint density at radius 2 is 1.88 bits per heavy atom. The van der Waals surface area contributed by atoms with E-state index >= 15 is 0 Å². The lowest BCUT2D eigenvalue weighted by Crippen LogP contribution is -2.12.